The summed E-state index contributed by atoms with van der Waals surface area (Å²) < 4.78 is 25.5. The van der Waals surface area contributed by atoms with Crippen molar-refractivity contribution in [2.75, 3.05) is 30.1 Å². The highest BCUT2D eigenvalue weighted by Gasteiger charge is 2.22. The first kappa shape index (κ1) is 22.9. The average molecular weight is 455 g/mol. The molecule has 0 aliphatic rings. The molecule has 3 N–H and O–H groups in total. The van der Waals surface area contributed by atoms with E-state index < -0.39 is 22.0 Å². The number of urea groups is 1. The van der Waals surface area contributed by atoms with Crippen molar-refractivity contribution in [3.8, 4) is 0 Å². The molecule has 3 aromatic carbocycles. The molecule has 0 saturated carbocycles. The summed E-state index contributed by atoms with van der Waals surface area (Å²) in [6.07, 6.45) is 0. The summed E-state index contributed by atoms with van der Waals surface area (Å²) in [5.41, 5.74) is 1.68. The maximum absolute atomic E-state index is 12.7. The third-order valence-corrected chi connectivity index (χ3v) is 6.08. The molecule has 0 aliphatic heterocycles. The van der Waals surface area contributed by atoms with Crippen molar-refractivity contribution in [3.05, 3.63) is 84.4 Å². The molecule has 3 amide bonds. The Balaban J connectivity index is 1.70. The number of amides is 3. The normalized spacial score (nSPS) is 11.1. The van der Waals surface area contributed by atoms with E-state index in [0.29, 0.717) is 21.5 Å². The van der Waals surface area contributed by atoms with Gasteiger partial charge in [-0.3, -0.25) is 9.63 Å². The molecule has 0 fully saturated rings. The van der Waals surface area contributed by atoms with Gasteiger partial charge in [0.2, 0.25) is 0 Å². The monoisotopic (exact) mass is 454 g/mol. The standard InChI is InChI=1S/C22H22N4O5S/c1-26(31-2)32(29,30)20-13-6-8-16(14-20)21(27)23-18-11-7-12-19(15-18)25-22(28)24-17-9-4-3-5-10-17/h3-15H,1-2H3,(H,23,27)(H2,24,25,28). The van der Waals surface area contributed by atoms with Gasteiger partial charge in [0.15, 0.2) is 0 Å². The zero-order valence-electron chi connectivity index (χ0n) is 17.4. The lowest BCUT2D eigenvalue weighted by molar-refractivity contribution is -0.0258. The Morgan fingerprint density at radius 1 is 0.781 bits per heavy atom. The van der Waals surface area contributed by atoms with Crippen molar-refractivity contribution in [1.82, 2.24) is 4.47 Å². The minimum Gasteiger partial charge on any atom is -0.322 e. The fourth-order valence-electron chi connectivity index (χ4n) is 2.74. The van der Waals surface area contributed by atoms with E-state index in [9.17, 15) is 18.0 Å². The van der Waals surface area contributed by atoms with Crippen LogP contribution in [0.1, 0.15) is 10.4 Å². The van der Waals surface area contributed by atoms with Crippen LogP contribution in [0.3, 0.4) is 0 Å². The summed E-state index contributed by atoms with van der Waals surface area (Å²) in [4.78, 5) is 29.5. The summed E-state index contributed by atoms with van der Waals surface area (Å²) >= 11 is 0. The minimum atomic E-state index is -3.89. The molecule has 3 rings (SSSR count). The van der Waals surface area contributed by atoms with Gasteiger partial charge in [-0.05, 0) is 48.5 Å². The Kier molecular flexibility index (Phi) is 7.21. The summed E-state index contributed by atoms with van der Waals surface area (Å²) in [6, 6.07) is 20.7. The second-order valence-electron chi connectivity index (χ2n) is 6.61. The van der Waals surface area contributed by atoms with Crippen LogP contribution < -0.4 is 16.0 Å². The quantitative estimate of drug-likeness (QED) is 0.470. The first-order valence-electron chi connectivity index (χ1n) is 9.47. The Labute approximate surface area is 186 Å². The maximum atomic E-state index is 12.7. The number of hydrogen-bond donors (Lipinski definition) is 3. The highest BCUT2D eigenvalue weighted by Crippen LogP contribution is 2.19. The molecule has 10 heteroatoms. The Bertz CT molecular complexity index is 1220. The zero-order chi connectivity index (χ0) is 23.1. The summed E-state index contributed by atoms with van der Waals surface area (Å²) in [6.45, 7) is 0. The van der Waals surface area contributed by atoms with E-state index in [2.05, 4.69) is 16.0 Å². The highest BCUT2D eigenvalue weighted by molar-refractivity contribution is 7.89. The molecule has 166 valence electrons. The third kappa shape index (κ3) is 5.70. The lowest BCUT2D eigenvalue weighted by Gasteiger charge is -2.14. The van der Waals surface area contributed by atoms with E-state index in [1.165, 1.54) is 38.4 Å². The van der Waals surface area contributed by atoms with Gasteiger partial charge >= 0.3 is 6.03 Å². The van der Waals surface area contributed by atoms with E-state index in [4.69, 9.17) is 4.84 Å². The van der Waals surface area contributed by atoms with Crippen LogP contribution in [0, 0.1) is 0 Å². The predicted octanol–water partition coefficient (Wildman–Crippen LogP) is 3.76. The van der Waals surface area contributed by atoms with Crippen LogP contribution in [0.5, 0.6) is 0 Å². The zero-order valence-corrected chi connectivity index (χ0v) is 18.2. The molecular formula is C22H22N4O5S. The average Bonchev–Trinajstić information content (AvgIpc) is 2.79. The Morgan fingerprint density at radius 3 is 2.06 bits per heavy atom. The number of anilines is 3. The van der Waals surface area contributed by atoms with Crippen molar-refractivity contribution in [1.29, 1.82) is 0 Å². The van der Waals surface area contributed by atoms with Crippen LogP contribution >= 0.6 is 0 Å². The van der Waals surface area contributed by atoms with Crippen LogP contribution in [0.4, 0.5) is 21.9 Å². The van der Waals surface area contributed by atoms with Gasteiger partial charge in [0.25, 0.3) is 15.9 Å². The fraction of sp³-hybridized carbons (Fsp3) is 0.0909. The van der Waals surface area contributed by atoms with Gasteiger partial charge in [-0.1, -0.05) is 34.8 Å². The second-order valence-corrected chi connectivity index (χ2v) is 8.54. The lowest BCUT2D eigenvalue weighted by Crippen LogP contribution is -2.26. The van der Waals surface area contributed by atoms with E-state index in [0.717, 1.165) is 0 Å². The molecule has 0 spiro atoms. The molecule has 0 radical (unpaired) electrons. The van der Waals surface area contributed by atoms with Crippen molar-refractivity contribution in [3.63, 3.8) is 0 Å². The highest BCUT2D eigenvalue weighted by atomic mass is 32.2. The largest absolute Gasteiger partial charge is 0.323 e. The molecule has 3 aromatic rings. The first-order valence-corrected chi connectivity index (χ1v) is 10.9. The molecule has 0 bridgehead atoms. The number of benzene rings is 3. The van der Waals surface area contributed by atoms with Gasteiger partial charge in [-0.2, -0.15) is 0 Å². The Hall–Kier alpha value is -3.73. The summed E-state index contributed by atoms with van der Waals surface area (Å²) in [5, 5.41) is 8.09. The van der Waals surface area contributed by atoms with Crippen molar-refractivity contribution >= 4 is 39.0 Å². The Morgan fingerprint density at radius 2 is 1.38 bits per heavy atom. The van der Waals surface area contributed by atoms with Gasteiger partial charge in [0.05, 0.1) is 12.0 Å². The van der Waals surface area contributed by atoms with Gasteiger partial charge in [-0.15, -0.1) is 0 Å². The number of hydroxylamine groups is 1. The molecule has 32 heavy (non-hydrogen) atoms. The van der Waals surface area contributed by atoms with Gasteiger partial charge in [-0.25, -0.2) is 13.2 Å². The number of rotatable bonds is 7. The van der Waals surface area contributed by atoms with Crippen LogP contribution in [-0.4, -0.2) is 39.0 Å². The summed E-state index contributed by atoms with van der Waals surface area (Å²) in [7, 11) is -1.40. The van der Waals surface area contributed by atoms with Gasteiger partial charge in [0.1, 0.15) is 0 Å². The van der Waals surface area contributed by atoms with E-state index in [-0.39, 0.29) is 10.5 Å². The predicted molar refractivity (Wildman–Crippen MR) is 122 cm³/mol. The molecule has 0 heterocycles. The SMILES string of the molecule is CON(C)S(=O)(=O)c1cccc(C(=O)Nc2cccc(NC(=O)Nc3ccccc3)c2)c1. The van der Waals surface area contributed by atoms with E-state index in [1.807, 2.05) is 6.07 Å². The van der Waals surface area contributed by atoms with Crippen LogP contribution in [0.15, 0.2) is 83.8 Å². The first-order chi connectivity index (χ1) is 15.3. The van der Waals surface area contributed by atoms with Crippen molar-refractivity contribution in [2.45, 2.75) is 4.90 Å². The number of hydrogen-bond acceptors (Lipinski definition) is 5. The van der Waals surface area contributed by atoms with Crippen LogP contribution in [-0.2, 0) is 14.9 Å². The number of carbonyl (C=O) groups excluding carboxylic acids is 2. The second kappa shape index (κ2) is 10.1. The molecule has 9 nitrogen and oxygen atoms in total. The van der Waals surface area contributed by atoms with E-state index in [1.54, 1.807) is 48.5 Å². The van der Waals surface area contributed by atoms with E-state index >= 15 is 0 Å². The molecule has 0 aromatic heterocycles. The van der Waals surface area contributed by atoms with Crippen molar-refractivity contribution < 1.29 is 22.8 Å². The molecule has 0 saturated heterocycles. The lowest BCUT2D eigenvalue weighted by atomic mass is 10.2. The fourth-order valence-corrected chi connectivity index (χ4v) is 3.76. The number of nitrogens with one attached hydrogen (secondary N) is 3. The minimum absolute atomic E-state index is 0.0810. The smallest absolute Gasteiger partial charge is 0.322 e. The number of sulfonamides is 1. The number of carbonyl (C=O) groups is 2. The van der Waals surface area contributed by atoms with Crippen LogP contribution in [0.2, 0.25) is 0 Å². The summed E-state index contributed by atoms with van der Waals surface area (Å²) in [5.74, 6) is -0.506. The number of para-hydroxylation sites is 1. The molecule has 0 atom stereocenters. The third-order valence-electron chi connectivity index (χ3n) is 4.40. The topological polar surface area (TPSA) is 117 Å². The van der Waals surface area contributed by atoms with Gasteiger partial charge < -0.3 is 16.0 Å². The maximum Gasteiger partial charge on any atom is 0.323 e. The molecular weight excluding hydrogens is 432 g/mol. The number of nitrogens with zero attached hydrogens (tertiary/aromatic N) is 1. The molecule has 0 unspecified atom stereocenters. The van der Waals surface area contributed by atoms with Gasteiger partial charge in [0, 0.05) is 29.7 Å². The van der Waals surface area contributed by atoms with Crippen molar-refractivity contribution in [2.24, 2.45) is 0 Å². The van der Waals surface area contributed by atoms with Crippen LogP contribution in [0.25, 0.3) is 0 Å². The molecule has 0 aliphatic carbocycles.